The van der Waals surface area contributed by atoms with Crippen LogP contribution >= 0.6 is 0 Å². The van der Waals surface area contributed by atoms with E-state index in [2.05, 4.69) is 0 Å². The maximum Gasteiger partial charge on any atom is 0.141 e. The minimum Gasteiger partial charge on any atom is -0.399 e. The van der Waals surface area contributed by atoms with Gasteiger partial charge in [0, 0.05) is 12.3 Å². The van der Waals surface area contributed by atoms with Crippen LogP contribution in [0.1, 0.15) is 6.92 Å². The van der Waals surface area contributed by atoms with E-state index < -0.39 is 16.6 Å². The zero-order chi connectivity index (χ0) is 11.3. The van der Waals surface area contributed by atoms with Crippen molar-refractivity contribution >= 4 is 16.5 Å². The molecule has 0 amide bonds. The second kappa shape index (κ2) is 5.82. The van der Waals surface area contributed by atoms with Crippen LogP contribution in [0.15, 0.2) is 23.1 Å². The van der Waals surface area contributed by atoms with Gasteiger partial charge in [-0.1, -0.05) is 0 Å². The molecule has 1 atom stereocenters. The maximum absolute atomic E-state index is 13.3. The van der Waals surface area contributed by atoms with Gasteiger partial charge >= 0.3 is 0 Å². The molecule has 0 radical (unpaired) electrons. The molecule has 2 N–H and O–H groups in total. The monoisotopic (exact) mass is 231 g/mol. The van der Waals surface area contributed by atoms with Crippen LogP contribution in [0.3, 0.4) is 0 Å². The van der Waals surface area contributed by atoms with Crippen molar-refractivity contribution in [2.24, 2.45) is 0 Å². The summed E-state index contributed by atoms with van der Waals surface area (Å²) in [4.78, 5) is 0.184. The van der Waals surface area contributed by atoms with Gasteiger partial charge in [-0.3, -0.25) is 4.21 Å². The zero-order valence-corrected chi connectivity index (χ0v) is 9.35. The SMILES string of the molecule is CCOCCS(=O)c1ccc(N)cc1F. The van der Waals surface area contributed by atoms with E-state index in [-0.39, 0.29) is 4.90 Å². The van der Waals surface area contributed by atoms with E-state index in [1.165, 1.54) is 18.2 Å². The maximum atomic E-state index is 13.3. The van der Waals surface area contributed by atoms with Crippen LogP contribution in [0.4, 0.5) is 10.1 Å². The van der Waals surface area contributed by atoms with Crippen molar-refractivity contribution in [1.29, 1.82) is 0 Å². The van der Waals surface area contributed by atoms with E-state index in [9.17, 15) is 8.60 Å². The number of benzene rings is 1. The van der Waals surface area contributed by atoms with Crippen molar-refractivity contribution in [3.05, 3.63) is 24.0 Å². The molecular formula is C10H14FNO2S. The van der Waals surface area contributed by atoms with Gasteiger partial charge < -0.3 is 10.5 Å². The molecule has 5 heteroatoms. The van der Waals surface area contributed by atoms with Crippen molar-refractivity contribution in [3.63, 3.8) is 0 Å². The first-order valence-corrected chi connectivity index (χ1v) is 5.98. The number of ether oxygens (including phenoxy) is 1. The predicted molar refractivity (Wildman–Crippen MR) is 58.6 cm³/mol. The fourth-order valence-corrected chi connectivity index (χ4v) is 2.08. The lowest BCUT2D eigenvalue weighted by molar-refractivity contribution is 0.164. The summed E-state index contributed by atoms with van der Waals surface area (Å²) in [6.07, 6.45) is 0. The van der Waals surface area contributed by atoms with Crippen molar-refractivity contribution < 1.29 is 13.3 Å². The Labute approximate surface area is 90.9 Å². The molecule has 0 aliphatic heterocycles. The lowest BCUT2D eigenvalue weighted by Gasteiger charge is -2.04. The molecule has 3 nitrogen and oxygen atoms in total. The van der Waals surface area contributed by atoms with Gasteiger partial charge in [-0.15, -0.1) is 0 Å². The summed E-state index contributed by atoms with van der Waals surface area (Å²) in [7, 11) is -1.36. The van der Waals surface area contributed by atoms with Gasteiger partial charge in [-0.05, 0) is 25.1 Å². The summed E-state index contributed by atoms with van der Waals surface area (Å²) in [5.74, 6) is -0.223. The third-order valence-electron chi connectivity index (χ3n) is 1.82. The molecule has 0 aliphatic rings. The molecular weight excluding hydrogens is 217 g/mol. The molecule has 0 aromatic heterocycles. The van der Waals surface area contributed by atoms with Crippen LogP contribution in [0.25, 0.3) is 0 Å². The molecule has 0 saturated heterocycles. The third-order valence-corrected chi connectivity index (χ3v) is 3.18. The fraction of sp³-hybridized carbons (Fsp3) is 0.400. The molecule has 1 aromatic rings. The van der Waals surface area contributed by atoms with Crippen LogP contribution < -0.4 is 5.73 Å². The number of rotatable bonds is 5. The number of hydrogen-bond donors (Lipinski definition) is 1. The minimum atomic E-state index is -1.36. The Morgan fingerprint density at radius 2 is 2.27 bits per heavy atom. The van der Waals surface area contributed by atoms with Crippen molar-refractivity contribution in [1.82, 2.24) is 0 Å². The van der Waals surface area contributed by atoms with Gasteiger partial charge in [0.1, 0.15) is 5.82 Å². The summed E-state index contributed by atoms with van der Waals surface area (Å²) in [6, 6.07) is 4.16. The van der Waals surface area contributed by atoms with Crippen LogP contribution in [-0.2, 0) is 15.5 Å². The first-order valence-electron chi connectivity index (χ1n) is 4.66. The highest BCUT2D eigenvalue weighted by atomic mass is 32.2. The van der Waals surface area contributed by atoms with Gasteiger partial charge in [-0.25, -0.2) is 4.39 Å². The predicted octanol–water partition coefficient (Wildman–Crippen LogP) is 1.55. The zero-order valence-electron chi connectivity index (χ0n) is 8.53. The number of nitrogen functional groups attached to an aromatic ring is 1. The second-order valence-electron chi connectivity index (χ2n) is 2.94. The minimum absolute atomic E-state index is 0.184. The largest absolute Gasteiger partial charge is 0.399 e. The molecule has 15 heavy (non-hydrogen) atoms. The van der Waals surface area contributed by atoms with E-state index in [1.54, 1.807) is 0 Å². The molecule has 1 aromatic carbocycles. The van der Waals surface area contributed by atoms with Crippen LogP contribution in [0.2, 0.25) is 0 Å². The number of hydrogen-bond acceptors (Lipinski definition) is 3. The summed E-state index contributed by atoms with van der Waals surface area (Å²) in [5.41, 5.74) is 5.72. The van der Waals surface area contributed by atoms with Gasteiger partial charge in [0.05, 0.1) is 28.1 Å². The molecule has 0 saturated carbocycles. The lowest BCUT2D eigenvalue weighted by atomic mass is 10.3. The smallest absolute Gasteiger partial charge is 0.141 e. The molecule has 1 unspecified atom stereocenters. The van der Waals surface area contributed by atoms with E-state index in [1.807, 2.05) is 6.92 Å². The van der Waals surface area contributed by atoms with E-state index in [0.29, 0.717) is 24.7 Å². The van der Waals surface area contributed by atoms with Gasteiger partial charge in [0.2, 0.25) is 0 Å². The Morgan fingerprint density at radius 1 is 1.53 bits per heavy atom. The molecule has 0 heterocycles. The Bertz CT molecular complexity index is 357. The summed E-state index contributed by atoms with van der Waals surface area (Å²) in [6.45, 7) is 2.79. The summed E-state index contributed by atoms with van der Waals surface area (Å²) < 4.78 is 29.9. The molecule has 84 valence electrons. The summed E-state index contributed by atoms with van der Waals surface area (Å²) >= 11 is 0. The van der Waals surface area contributed by atoms with Crippen LogP contribution in [0.5, 0.6) is 0 Å². The topological polar surface area (TPSA) is 52.3 Å². The Hall–Kier alpha value is -0.940. The number of nitrogens with two attached hydrogens (primary N) is 1. The van der Waals surface area contributed by atoms with E-state index >= 15 is 0 Å². The normalized spacial score (nSPS) is 12.7. The molecule has 0 aliphatic carbocycles. The number of halogens is 1. The molecule has 1 rings (SSSR count). The number of anilines is 1. The molecule has 0 spiro atoms. The average Bonchev–Trinajstić information content (AvgIpc) is 2.17. The first kappa shape index (κ1) is 12.1. The average molecular weight is 231 g/mol. The quantitative estimate of drug-likeness (QED) is 0.618. The van der Waals surface area contributed by atoms with Gasteiger partial charge in [-0.2, -0.15) is 0 Å². The van der Waals surface area contributed by atoms with Crippen molar-refractivity contribution in [2.45, 2.75) is 11.8 Å². The second-order valence-corrected chi connectivity index (χ2v) is 4.48. The third kappa shape index (κ3) is 3.60. The van der Waals surface area contributed by atoms with E-state index in [4.69, 9.17) is 10.5 Å². The summed E-state index contributed by atoms with van der Waals surface area (Å²) in [5, 5.41) is 0. The molecule has 0 bridgehead atoms. The Balaban J connectivity index is 2.65. The standard InChI is InChI=1S/C10H14FNO2S/c1-2-14-5-6-15(13)10-4-3-8(12)7-9(10)11/h3-4,7H,2,5-6,12H2,1H3. The van der Waals surface area contributed by atoms with Crippen LogP contribution in [0, 0.1) is 5.82 Å². The van der Waals surface area contributed by atoms with E-state index in [0.717, 1.165) is 0 Å². The highest BCUT2D eigenvalue weighted by molar-refractivity contribution is 7.85. The first-order chi connectivity index (χ1) is 7.15. The lowest BCUT2D eigenvalue weighted by Crippen LogP contribution is -2.07. The fourth-order valence-electron chi connectivity index (χ4n) is 1.09. The molecule has 0 fully saturated rings. The van der Waals surface area contributed by atoms with Crippen molar-refractivity contribution in [2.75, 3.05) is 24.7 Å². The highest BCUT2D eigenvalue weighted by Crippen LogP contribution is 2.15. The van der Waals surface area contributed by atoms with Gasteiger partial charge in [0.25, 0.3) is 0 Å². The highest BCUT2D eigenvalue weighted by Gasteiger charge is 2.09. The van der Waals surface area contributed by atoms with Crippen LogP contribution in [-0.4, -0.2) is 23.2 Å². The Kier molecular flexibility index (Phi) is 4.71. The Morgan fingerprint density at radius 3 is 2.87 bits per heavy atom. The van der Waals surface area contributed by atoms with Gasteiger partial charge in [0.15, 0.2) is 0 Å². The van der Waals surface area contributed by atoms with Crippen molar-refractivity contribution in [3.8, 4) is 0 Å².